The van der Waals surface area contributed by atoms with Crippen LogP contribution in [0.4, 0.5) is 19.0 Å². The average molecular weight is 735 g/mol. The van der Waals surface area contributed by atoms with E-state index in [0.717, 1.165) is 12.1 Å². The third-order valence-corrected chi connectivity index (χ3v) is 9.23. The second-order valence-electron chi connectivity index (χ2n) is 14.6. The van der Waals surface area contributed by atoms with Crippen molar-refractivity contribution >= 4 is 17.4 Å². The third-order valence-electron chi connectivity index (χ3n) is 9.23. The van der Waals surface area contributed by atoms with Gasteiger partial charge in [-0.2, -0.15) is 22.8 Å². The lowest BCUT2D eigenvalue weighted by atomic mass is 9.92. The molecule has 0 radical (unpaired) electrons. The number of halogens is 3. The lowest BCUT2D eigenvalue weighted by Crippen LogP contribution is -2.45. The first-order chi connectivity index (χ1) is 25.0. The molecule has 3 heterocycles. The Morgan fingerprint density at radius 2 is 1.74 bits per heavy atom. The zero-order valence-corrected chi connectivity index (χ0v) is 31.5. The summed E-state index contributed by atoms with van der Waals surface area (Å²) in [5.41, 5.74) is 1.80. The molecule has 0 spiro atoms. The van der Waals surface area contributed by atoms with E-state index in [-0.39, 0.29) is 11.7 Å². The first-order valence-corrected chi connectivity index (χ1v) is 17.7. The summed E-state index contributed by atoms with van der Waals surface area (Å²) in [6.45, 7) is 20.5. The molecule has 0 saturated carbocycles. The van der Waals surface area contributed by atoms with Gasteiger partial charge in [-0.25, -0.2) is 9.78 Å². The van der Waals surface area contributed by atoms with Crippen LogP contribution in [0.2, 0.25) is 0 Å². The van der Waals surface area contributed by atoms with E-state index in [0.29, 0.717) is 89.8 Å². The molecule has 53 heavy (non-hydrogen) atoms. The molecule has 1 saturated heterocycles. The van der Waals surface area contributed by atoms with E-state index in [4.69, 9.17) is 29.0 Å². The smallest absolute Gasteiger partial charge is 0.416 e. The molecule has 2 unspecified atom stereocenters. The average Bonchev–Trinajstić information content (AvgIpc) is 3.52. The Bertz CT molecular complexity index is 1960. The summed E-state index contributed by atoms with van der Waals surface area (Å²) in [4.78, 5) is 20.5. The van der Waals surface area contributed by atoms with Crippen molar-refractivity contribution in [2.24, 2.45) is 0 Å². The van der Waals surface area contributed by atoms with Crippen molar-refractivity contribution in [1.82, 2.24) is 14.6 Å². The van der Waals surface area contributed by atoms with Gasteiger partial charge in [0.2, 0.25) is 0 Å². The Morgan fingerprint density at radius 3 is 2.36 bits per heavy atom. The topological polar surface area (TPSA) is 87.4 Å². The molecule has 12 heteroatoms. The summed E-state index contributed by atoms with van der Waals surface area (Å²) in [5, 5.41) is 5.03. The maximum absolute atomic E-state index is 13.9. The summed E-state index contributed by atoms with van der Waals surface area (Å²) in [6.07, 6.45) is -0.575. The molecule has 1 fully saturated rings. The van der Waals surface area contributed by atoms with E-state index in [1.165, 1.54) is 13.2 Å². The van der Waals surface area contributed by atoms with Crippen LogP contribution in [0.1, 0.15) is 76.8 Å². The Hall–Kier alpha value is -4.68. The van der Waals surface area contributed by atoms with Crippen molar-refractivity contribution in [1.29, 1.82) is 0 Å². The van der Waals surface area contributed by atoms with Crippen LogP contribution in [0.15, 0.2) is 73.8 Å². The normalized spacial score (nSPS) is 15.9. The van der Waals surface area contributed by atoms with Crippen LogP contribution in [-0.2, 0) is 25.2 Å². The predicted molar refractivity (Wildman–Crippen MR) is 200 cm³/mol. The highest BCUT2D eigenvalue weighted by Gasteiger charge is 2.38. The number of methoxy groups -OCH3 is 1. The molecule has 2 aromatic heterocycles. The Morgan fingerprint density at radius 1 is 1.04 bits per heavy atom. The number of hydrogen-bond donors (Lipinski definition) is 0. The third kappa shape index (κ3) is 9.10. The maximum atomic E-state index is 13.9. The van der Waals surface area contributed by atoms with Crippen LogP contribution in [0.5, 0.6) is 5.75 Å². The molecule has 5 rings (SSSR count). The fourth-order valence-corrected chi connectivity index (χ4v) is 6.53. The van der Waals surface area contributed by atoms with Crippen molar-refractivity contribution in [3.8, 4) is 28.1 Å². The number of nitrogens with zero attached hydrogens (tertiary/aromatic N) is 4. The Labute approximate surface area is 309 Å². The molecule has 9 nitrogen and oxygen atoms in total. The highest BCUT2D eigenvalue weighted by atomic mass is 19.4. The minimum atomic E-state index is -4.54. The Balaban J connectivity index is 1.66. The minimum Gasteiger partial charge on any atom is -0.490 e. The first kappa shape index (κ1) is 39.5. The van der Waals surface area contributed by atoms with Crippen molar-refractivity contribution in [3.05, 3.63) is 90.7 Å². The zero-order valence-electron chi connectivity index (χ0n) is 31.5. The van der Waals surface area contributed by atoms with Crippen molar-refractivity contribution in [2.45, 2.75) is 90.4 Å². The van der Waals surface area contributed by atoms with E-state index >= 15 is 0 Å². The number of esters is 1. The standard InChI is InChI=1S/C41H49F3N4O5/c1-10-13-26(3)52-33-17-16-30(41(42,43)44)24-31(33)28-14-12-15-29(23-28)32-25-34-45-27(4)35(36(38(49)50-9)53-39(5,6)7)37(48(34)46-32)47-20-18-40(8,19-21-47)51-22-11-2/h10-12,14-17,23-26,36H,1-2,13,18-22H2,3-9H3. The number of carbonyl (C=O) groups excluding carboxylic acids is 1. The lowest BCUT2D eigenvalue weighted by Gasteiger charge is -2.41. The van der Waals surface area contributed by atoms with Crippen LogP contribution >= 0.6 is 0 Å². The van der Waals surface area contributed by atoms with E-state index in [1.807, 2.05) is 46.8 Å². The van der Waals surface area contributed by atoms with Gasteiger partial charge in [0.25, 0.3) is 0 Å². The molecule has 1 aliphatic rings. The van der Waals surface area contributed by atoms with Gasteiger partial charge < -0.3 is 23.8 Å². The maximum Gasteiger partial charge on any atom is 0.416 e. The van der Waals surface area contributed by atoms with Gasteiger partial charge in [-0.05, 0) is 84.2 Å². The van der Waals surface area contributed by atoms with E-state index in [1.54, 1.807) is 34.9 Å². The number of ether oxygens (including phenoxy) is 4. The van der Waals surface area contributed by atoms with Gasteiger partial charge >= 0.3 is 12.1 Å². The SMILES string of the molecule is C=CCOC1(C)CCN(c2c(C(OC(C)(C)C)C(=O)OC)c(C)nc3cc(-c4cccc(-c5cc(C(F)(F)F)ccc5OC(C)CC=C)c4)nn23)CC1. The molecule has 2 atom stereocenters. The largest absolute Gasteiger partial charge is 0.490 e. The van der Waals surface area contributed by atoms with Crippen LogP contribution in [0.3, 0.4) is 0 Å². The van der Waals surface area contributed by atoms with Gasteiger partial charge in [0.05, 0.1) is 47.8 Å². The van der Waals surface area contributed by atoms with Gasteiger partial charge in [0.15, 0.2) is 11.8 Å². The number of anilines is 1. The van der Waals surface area contributed by atoms with Crippen LogP contribution in [0, 0.1) is 6.92 Å². The van der Waals surface area contributed by atoms with Gasteiger partial charge in [-0.15, -0.1) is 13.2 Å². The summed E-state index contributed by atoms with van der Waals surface area (Å²) in [5.74, 6) is 0.402. The number of alkyl halides is 3. The summed E-state index contributed by atoms with van der Waals surface area (Å²) in [6, 6.07) is 12.5. The van der Waals surface area contributed by atoms with Crippen molar-refractivity contribution < 1.29 is 36.9 Å². The number of piperidine rings is 1. The van der Waals surface area contributed by atoms with Gasteiger partial charge in [-0.3, -0.25) is 0 Å². The number of aromatic nitrogens is 3. The number of carbonyl (C=O) groups is 1. The minimum absolute atomic E-state index is 0.300. The number of rotatable bonds is 13. The second-order valence-corrected chi connectivity index (χ2v) is 14.6. The van der Waals surface area contributed by atoms with Crippen LogP contribution < -0.4 is 9.64 Å². The molecule has 284 valence electrons. The Kier molecular flexibility index (Phi) is 11.7. The van der Waals surface area contributed by atoms with E-state index in [9.17, 15) is 18.0 Å². The van der Waals surface area contributed by atoms with Crippen molar-refractivity contribution in [2.75, 3.05) is 31.7 Å². The number of fused-ring (bicyclic) bond motifs is 1. The van der Waals surface area contributed by atoms with Crippen molar-refractivity contribution in [3.63, 3.8) is 0 Å². The van der Waals surface area contributed by atoms with E-state index < -0.39 is 29.4 Å². The number of aryl methyl sites for hydroxylation is 1. The summed E-state index contributed by atoms with van der Waals surface area (Å²) >= 11 is 0. The van der Waals surface area contributed by atoms with Gasteiger partial charge in [0.1, 0.15) is 11.6 Å². The molecule has 0 amide bonds. The molecule has 0 aliphatic carbocycles. The fraction of sp³-hybridized carbons (Fsp3) is 0.439. The molecule has 0 N–H and O–H groups in total. The molecular weight excluding hydrogens is 685 g/mol. The molecule has 2 aromatic carbocycles. The predicted octanol–water partition coefficient (Wildman–Crippen LogP) is 9.32. The molecule has 0 bridgehead atoms. The van der Waals surface area contributed by atoms with Crippen LogP contribution in [0.25, 0.3) is 28.0 Å². The molecular formula is C41H49F3N4O5. The first-order valence-electron chi connectivity index (χ1n) is 17.7. The highest BCUT2D eigenvalue weighted by molar-refractivity contribution is 5.81. The summed E-state index contributed by atoms with van der Waals surface area (Å²) in [7, 11) is 1.32. The lowest BCUT2D eigenvalue weighted by molar-refractivity contribution is -0.164. The monoisotopic (exact) mass is 734 g/mol. The quantitative estimate of drug-likeness (QED) is 0.0993. The number of hydrogen-bond acceptors (Lipinski definition) is 8. The van der Waals surface area contributed by atoms with Gasteiger partial charge in [-0.1, -0.05) is 30.4 Å². The van der Waals surface area contributed by atoms with Crippen LogP contribution in [-0.4, -0.2) is 64.7 Å². The molecule has 4 aromatic rings. The molecule has 1 aliphatic heterocycles. The highest BCUT2D eigenvalue weighted by Crippen LogP contribution is 2.41. The number of benzene rings is 2. The van der Waals surface area contributed by atoms with Gasteiger partial charge in [0, 0.05) is 42.4 Å². The fourth-order valence-electron chi connectivity index (χ4n) is 6.53. The zero-order chi connectivity index (χ0) is 38.7. The summed E-state index contributed by atoms with van der Waals surface area (Å²) < 4.78 is 67.3. The second kappa shape index (κ2) is 15.7. The van der Waals surface area contributed by atoms with E-state index in [2.05, 4.69) is 25.0 Å².